The van der Waals surface area contributed by atoms with Crippen molar-refractivity contribution in [2.75, 3.05) is 0 Å². The molecule has 0 aromatic heterocycles. The minimum absolute atomic E-state index is 0.145. The van der Waals surface area contributed by atoms with Gasteiger partial charge in [-0.15, -0.1) is 0 Å². The molecule has 6 heteroatoms. The summed E-state index contributed by atoms with van der Waals surface area (Å²) in [6.07, 6.45) is 1.41. The summed E-state index contributed by atoms with van der Waals surface area (Å²) >= 11 is 8.19. The zero-order valence-electron chi connectivity index (χ0n) is 12.0. The average Bonchev–Trinajstić information content (AvgIpc) is 2.43. The normalized spacial score (nSPS) is 10.9. The number of phenols is 1. The molecule has 114 valence electrons. The summed E-state index contributed by atoms with van der Waals surface area (Å²) < 4.78 is 0.974. The minimum Gasteiger partial charge on any atom is -0.507 e. The lowest BCUT2D eigenvalue weighted by Crippen LogP contribution is -2.18. The van der Waals surface area contributed by atoms with Crippen LogP contribution in [0.5, 0.6) is 5.75 Å². The third-order valence-electron chi connectivity index (χ3n) is 3.03. The third kappa shape index (κ3) is 3.98. The van der Waals surface area contributed by atoms with E-state index in [4.69, 9.17) is 11.6 Å². The van der Waals surface area contributed by atoms with Crippen molar-refractivity contribution in [1.82, 2.24) is 5.43 Å². The molecule has 0 radical (unpaired) electrons. The van der Waals surface area contributed by atoms with Gasteiger partial charge in [0.25, 0.3) is 5.91 Å². The van der Waals surface area contributed by atoms with Gasteiger partial charge in [0.2, 0.25) is 0 Å². The van der Waals surface area contributed by atoms with Gasteiger partial charge in [0, 0.05) is 9.13 Å². The summed E-state index contributed by atoms with van der Waals surface area (Å²) in [6.45, 7) is 3.70. The molecular formula is C16H14ClIN2O2. The molecule has 0 aliphatic rings. The molecule has 0 saturated heterocycles. The molecule has 0 spiro atoms. The lowest BCUT2D eigenvalue weighted by molar-refractivity contribution is 0.0955. The van der Waals surface area contributed by atoms with E-state index in [2.05, 4.69) is 33.1 Å². The quantitative estimate of drug-likeness (QED) is 0.440. The predicted molar refractivity (Wildman–Crippen MR) is 96.8 cm³/mol. The molecule has 4 nitrogen and oxygen atoms in total. The zero-order chi connectivity index (χ0) is 16.3. The number of nitrogens with zero attached hydrogens (tertiary/aromatic N) is 1. The molecule has 2 aromatic rings. The van der Waals surface area contributed by atoms with Crippen molar-refractivity contribution in [3.63, 3.8) is 0 Å². The van der Waals surface area contributed by atoms with Crippen LogP contribution in [0.2, 0.25) is 5.02 Å². The Hall–Kier alpha value is -1.60. The van der Waals surface area contributed by atoms with E-state index >= 15 is 0 Å². The van der Waals surface area contributed by atoms with E-state index in [9.17, 15) is 9.90 Å². The van der Waals surface area contributed by atoms with E-state index < -0.39 is 5.91 Å². The molecule has 2 N–H and O–H groups in total. The number of carbonyl (C=O) groups excluding carboxylic acids is 1. The Kier molecular flexibility index (Phi) is 5.42. The van der Waals surface area contributed by atoms with Gasteiger partial charge >= 0.3 is 0 Å². The van der Waals surface area contributed by atoms with Crippen LogP contribution in [0.25, 0.3) is 0 Å². The first-order valence-electron chi connectivity index (χ1n) is 6.47. The molecule has 0 bridgehead atoms. The number of amides is 1. The van der Waals surface area contributed by atoms with Crippen molar-refractivity contribution in [2.45, 2.75) is 13.8 Å². The Labute approximate surface area is 147 Å². The molecule has 0 heterocycles. The van der Waals surface area contributed by atoms with E-state index in [1.165, 1.54) is 6.21 Å². The van der Waals surface area contributed by atoms with Crippen molar-refractivity contribution in [3.8, 4) is 5.75 Å². The third-order valence-corrected chi connectivity index (χ3v) is 3.97. The fraction of sp³-hybridized carbons (Fsp3) is 0.125. The monoisotopic (exact) mass is 428 g/mol. The summed E-state index contributed by atoms with van der Waals surface area (Å²) in [5, 5.41) is 14.2. The largest absolute Gasteiger partial charge is 0.507 e. The second-order valence-electron chi connectivity index (χ2n) is 4.84. The fourth-order valence-corrected chi connectivity index (χ4v) is 3.01. The lowest BCUT2D eigenvalue weighted by atomic mass is 10.1. The highest BCUT2D eigenvalue weighted by molar-refractivity contribution is 14.1. The number of rotatable bonds is 3. The van der Waals surface area contributed by atoms with Crippen LogP contribution in [0.3, 0.4) is 0 Å². The van der Waals surface area contributed by atoms with Crippen molar-refractivity contribution in [3.05, 3.63) is 61.2 Å². The standard InChI is InChI=1S/C16H14ClIN2O2/c1-9-3-4-13(14(17)5-9)16(22)20-19-8-11-7-12(18)6-10(2)15(11)21/h3-8,21H,1-2H3,(H,20,22)/b19-8-. The molecule has 1 amide bonds. The van der Waals surface area contributed by atoms with Gasteiger partial charge in [-0.25, -0.2) is 5.43 Å². The van der Waals surface area contributed by atoms with Gasteiger partial charge in [-0.2, -0.15) is 5.10 Å². The van der Waals surface area contributed by atoms with Gasteiger partial charge in [0.1, 0.15) is 5.75 Å². The summed E-state index contributed by atoms with van der Waals surface area (Å²) in [5.41, 5.74) is 5.03. The SMILES string of the molecule is Cc1ccc(C(=O)N/N=C\c2cc(I)cc(C)c2O)c(Cl)c1. The van der Waals surface area contributed by atoms with Gasteiger partial charge in [-0.1, -0.05) is 17.7 Å². The van der Waals surface area contributed by atoms with Crippen LogP contribution in [-0.4, -0.2) is 17.2 Å². The number of hydrogen-bond acceptors (Lipinski definition) is 3. The zero-order valence-corrected chi connectivity index (χ0v) is 14.9. The molecule has 0 atom stereocenters. The van der Waals surface area contributed by atoms with Crippen LogP contribution in [0, 0.1) is 17.4 Å². The van der Waals surface area contributed by atoms with E-state index in [0.29, 0.717) is 16.1 Å². The second-order valence-corrected chi connectivity index (χ2v) is 6.50. The molecule has 0 saturated carbocycles. The van der Waals surface area contributed by atoms with E-state index in [0.717, 1.165) is 14.7 Å². The van der Waals surface area contributed by atoms with Crippen LogP contribution in [0.1, 0.15) is 27.0 Å². The number of aromatic hydroxyl groups is 1. The highest BCUT2D eigenvalue weighted by atomic mass is 127. The Bertz CT molecular complexity index is 760. The number of benzene rings is 2. The molecule has 2 aromatic carbocycles. The second kappa shape index (κ2) is 7.11. The Balaban J connectivity index is 2.14. The van der Waals surface area contributed by atoms with Crippen LogP contribution in [0.15, 0.2) is 35.4 Å². The van der Waals surface area contributed by atoms with Crippen molar-refractivity contribution >= 4 is 46.3 Å². The highest BCUT2D eigenvalue weighted by Crippen LogP contribution is 2.23. The smallest absolute Gasteiger partial charge is 0.272 e. The maximum absolute atomic E-state index is 12.0. The first-order valence-corrected chi connectivity index (χ1v) is 7.93. The Morgan fingerprint density at radius 3 is 2.73 bits per heavy atom. The molecule has 0 aliphatic heterocycles. The summed E-state index contributed by atoms with van der Waals surface area (Å²) in [7, 11) is 0. The summed E-state index contributed by atoms with van der Waals surface area (Å²) in [4.78, 5) is 12.0. The van der Waals surface area contributed by atoms with E-state index in [-0.39, 0.29) is 5.75 Å². The topological polar surface area (TPSA) is 61.7 Å². The molecule has 0 unspecified atom stereocenters. The van der Waals surface area contributed by atoms with Crippen molar-refractivity contribution < 1.29 is 9.90 Å². The highest BCUT2D eigenvalue weighted by Gasteiger charge is 2.09. The average molecular weight is 429 g/mol. The number of aryl methyl sites for hydroxylation is 2. The fourth-order valence-electron chi connectivity index (χ4n) is 1.88. The van der Waals surface area contributed by atoms with Crippen LogP contribution in [-0.2, 0) is 0 Å². The van der Waals surface area contributed by atoms with Gasteiger partial charge in [-0.05, 0) is 71.8 Å². The van der Waals surface area contributed by atoms with E-state index in [1.807, 2.05) is 13.0 Å². The van der Waals surface area contributed by atoms with Crippen LogP contribution >= 0.6 is 34.2 Å². The number of halogens is 2. The lowest BCUT2D eigenvalue weighted by Gasteiger charge is -2.05. The van der Waals surface area contributed by atoms with Gasteiger partial charge in [-0.3, -0.25) is 4.79 Å². The molecule has 2 rings (SSSR count). The maximum Gasteiger partial charge on any atom is 0.272 e. The van der Waals surface area contributed by atoms with Gasteiger partial charge < -0.3 is 5.11 Å². The van der Waals surface area contributed by atoms with Gasteiger partial charge in [0.15, 0.2) is 0 Å². The summed E-state index contributed by atoms with van der Waals surface area (Å²) in [6, 6.07) is 8.80. The number of nitrogens with one attached hydrogen (secondary N) is 1. The number of carbonyl (C=O) groups is 1. The van der Waals surface area contributed by atoms with Crippen molar-refractivity contribution in [2.24, 2.45) is 5.10 Å². The van der Waals surface area contributed by atoms with Crippen LogP contribution < -0.4 is 5.43 Å². The number of hydrogen-bond donors (Lipinski definition) is 2. The molecule has 0 fully saturated rings. The Morgan fingerprint density at radius 1 is 1.32 bits per heavy atom. The molecular weight excluding hydrogens is 415 g/mol. The summed E-state index contributed by atoms with van der Waals surface area (Å²) in [5.74, 6) is -0.255. The number of phenolic OH excluding ortho intramolecular Hbond substituents is 1. The number of hydrazone groups is 1. The molecule has 22 heavy (non-hydrogen) atoms. The molecule has 0 aliphatic carbocycles. The first-order chi connectivity index (χ1) is 10.4. The van der Waals surface area contributed by atoms with Crippen molar-refractivity contribution in [1.29, 1.82) is 0 Å². The van der Waals surface area contributed by atoms with Gasteiger partial charge in [0.05, 0.1) is 16.8 Å². The predicted octanol–water partition coefficient (Wildman–Crippen LogP) is 4.03. The van der Waals surface area contributed by atoms with E-state index in [1.54, 1.807) is 31.2 Å². The first kappa shape index (κ1) is 16.8. The Morgan fingerprint density at radius 2 is 2.05 bits per heavy atom. The van der Waals surface area contributed by atoms with Crippen LogP contribution in [0.4, 0.5) is 0 Å². The maximum atomic E-state index is 12.0. The minimum atomic E-state index is -0.400.